The van der Waals surface area contributed by atoms with Crippen LogP contribution in [0.4, 0.5) is 8.78 Å². The molecule has 1 atom stereocenters. The molecular weight excluding hydrogens is 255 g/mol. The van der Waals surface area contributed by atoms with Crippen LogP contribution in [-0.2, 0) is 0 Å². The van der Waals surface area contributed by atoms with Gasteiger partial charge in [0.1, 0.15) is 0 Å². The molecule has 1 aromatic rings. The van der Waals surface area contributed by atoms with Crippen molar-refractivity contribution < 1.29 is 8.78 Å². The highest BCUT2D eigenvalue weighted by Gasteiger charge is 2.42. The van der Waals surface area contributed by atoms with Gasteiger partial charge in [-0.1, -0.05) is 23.7 Å². The van der Waals surface area contributed by atoms with Gasteiger partial charge in [0.25, 0.3) is 5.92 Å². The van der Waals surface area contributed by atoms with E-state index in [0.29, 0.717) is 23.6 Å². The van der Waals surface area contributed by atoms with Gasteiger partial charge in [0.05, 0.1) is 6.04 Å². The Kier molecular flexibility index (Phi) is 4.53. The summed E-state index contributed by atoms with van der Waals surface area (Å²) in [5, 5.41) is 3.42. The van der Waals surface area contributed by atoms with Crippen molar-refractivity contribution in [2.45, 2.75) is 24.8 Å². The smallest absolute Gasteiger partial charge is 0.267 e. The van der Waals surface area contributed by atoms with Crippen LogP contribution in [0.25, 0.3) is 0 Å². The Bertz CT molecular complexity index is 340. The van der Waals surface area contributed by atoms with Crippen LogP contribution in [0.5, 0.6) is 0 Å². The summed E-state index contributed by atoms with van der Waals surface area (Å²) < 4.78 is 27.1. The van der Waals surface area contributed by atoms with E-state index in [1.54, 1.807) is 24.3 Å². The van der Waals surface area contributed by atoms with Gasteiger partial charge >= 0.3 is 0 Å². The zero-order valence-electron chi connectivity index (χ0n) is 8.55. The van der Waals surface area contributed by atoms with Crippen molar-refractivity contribution in [1.29, 1.82) is 0 Å². The number of piperidine rings is 1. The number of hydrogen-bond acceptors (Lipinski definition) is 1. The molecule has 0 saturated carbocycles. The van der Waals surface area contributed by atoms with Gasteiger partial charge in [0.2, 0.25) is 0 Å². The minimum absolute atomic E-state index is 0. The van der Waals surface area contributed by atoms with Gasteiger partial charge in [0, 0.05) is 11.4 Å². The number of nitrogens with one attached hydrogen (secondary N) is 1. The van der Waals surface area contributed by atoms with Gasteiger partial charge < -0.3 is 5.32 Å². The van der Waals surface area contributed by atoms with Crippen LogP contribution in [-0.4, -0.2) is 12.5 Å². The maximum Gasteiger partial charge on any atom is 0.267 e. The summed E-state index contributed by atoms with van der Waals surface area (Å²) in [6, 6.07) is 5.72. The van der Waals surface area contributed by atoms with Crippen LogP contribution < -0.4 is 5.32 Å². The number of hydrogen-bond donors (Lipinski definition) is 1. The van der Waals surface area contributed by atoms with E-state index in [1.165, 1.54) is 0 Å². The molecule has 1 heterocycles. The number of halogens is 4. The van der Waals surface area contributed by atoms with Gasteiger partial charge in [-0.25, -0.2) is 8.78 Å². The monoisotopic (exact) mass is 267 g/mol. The van der Waals surface area contributed by atoms with Crippen LogP contribution in [0, 0.1) is 0 Å². The van der Waals surface area contributed by atoms with Crippen molar-refractivity contribution in [2.75, 3.05) is 6.54 Å². The van der Waals surface area contributed by atoms with Crippen molar-refractivity contribution in [3.8, 4) is 0 Å². The molecule has 16 heavy (non-hydrogen) atoms. The van der Waals surface area contributed by atoms with Gasteiger partial charge in [-0.2, -0.15) is 0 Å². The van der Waals surface area contributed by atoms with E-state index in [1.807, 2.05) is 0 Å². The van der Waals surface area contributed by atoms with Crippen molar-refractivity contribution in [1.82, 2.24) is 5.32 Å². The molecule has 1 nitrogen and oxygen atoms in total. The van der Waals surface area contributed by atoms with Crippen molar-refractivity contribution >= 4 is 24.0 Å². The van der Waals surface area contributed by atoms with Gasteiger partial charge in [0.15, 0.2) is 0 Å². The minimum atomic E-state index is -2.66. The Morgan fingerprint density at radius 2 is 1.88 bits per heavy atom. The average Bonchev–Trinajstić information content (AvgIpc) is 2.19. The standard InChI is InChI=1S/C11H12ClF2N.ClH/c12-9-4-2-8(3-5-9)10-11(13,14)6-1-7-15-10;/h2-5,10,15H,1,6-7H2;1H. The molecule has 5 heteroatoms. The minimum Gasteiger partial charge on any atom is -0.305 e. The first-order valence-corrected chi connectivity index (χ1v) is 5.34. The lowest BCUT2D eigenvalue weighted by molar-refractivity contribution is -0.0619. The molecule has 0 aromatic heterocycles. The van der Waals surface area contributed by atoms with E-state index in [4.69, 9.17) is 11.6 Å². The van der Waals surface area contributed by atoms with E-state index in [2.05, 4.69) is 5.32 Å². The van der Waals surface area contributed by atoms with E-state index in [9.17, 15) is 8.78 Å². The molecule has 90 valence electrons. The molecule has 0 bridgehead atoms. The summed E-state index contributed by atoms with van der Waals surface area (Å²) in [4.78, 5) is 0. The molecule has 0 spiro atoms. The predicted molar refractivity (Wildman–Crippen MR) is 63.6 cm³/mol. The van der Waals surface area contributed by atoms with Crippen LogP contribution in [0.2, 0.25) is 5.02 Å². The largest absolute Gasteiger partial charge is 0.305 e. The predicted octanol–water partition coefficient (Wildman–Crippen LogP) is 3.82. The molecule has 1 saturated heterocycles. The fourth-order valence-electron chi connectivity index (χ4n) is 1.88. The van der Waals surface area contributed by atoms with E-state index < -0.39 is 12.0 Å². The average molecular weight is 268 g/mol. The molecule has 1 fully saturated rings. The number of alkyl halides is 2. The molecule has 0 aliphatic carbocycles. The summed E-state index contributed by atoms with van der Waals surface area (Å²) in [6.45, 7) is 0.642. The molecule has 1 aliphatic rings. The van der Waals surface area contributed by atoms with Crippen LogP contribution in [0.3, 0.4) is 0 Å². The van der Waals surface area contributed by atoms with Gasteiger partial charge in [-0.3, -0.25) is 0 Å². The molecule has 1 N–H and O–H groups in total. The van der Waals surface area contributed by atoms with E-state index >= 15 is 0 Å². The highest BCUT2D eigenvalue weighted by Crippen LogP contribution is 2.37. The zero-order chi connectivity index (χ0) is 10.9. The molecule has 0 radical (unpaired) electrons. The first-order valence-electron chi connectivity index (χ1n) is 4.96. The van der Waals surface area contributed by atoms with Crippen LogP contribution >= 0.6 is 24.0 Å². The normalized spacial score (nSPS) is 23.6. The van der Waals surface area contributed by atoms with E-state index in [0.717, 1.165) is 0 Å². The summed E-state index contributed by atoms with van der Waals surface area (Å²) in [6.07, 6.45) is 0.477. The first-order chi connectivity index (χ1) is 7.09. The lowest BCUT2D eigenvalue weighted by atomic mass is 9.94. The summed E-state index contributed by atoms with van der Waals surface area (Å²) in [7, 11) is 0. The second kappa shape index (κ2) is 5.30. The zero-order valence-corrected chi connectivity index (χ0v) is 10.1. The molecule has 1 aromatic carbocycles. The van der Waals surface area contributed by atoms with Gasteiger partial charge in [-0.05, 0) is 30.7 Å². The Morgan fingerprint density at radius 1 is 1.25 bits per heavy atom. The summed E-state index contributed by atoms with van der Waals surface area (Å²) >= 11 is 5.71. The van der Waals surface area contributed by atoms with E-state index in [-0.39, 0.29) is 18.8 Å². The highest BCUT2D eigenvalue weighted by molar-refractivity contribution is 6.30. The van der Waals surface area contributed by atoms with Crippen molar-refractivity contribution in [2.24, 2.45) is 0 Å². The fourth-order valence-corrected chi connectivity index (χ4v) is 2.01. The first kappa shape index (κ1) is 13.7. The SMILES string of the molecule is Cl.FC1(F)CCCNC1c1ccc(Cl)cc1. The summed E-state index contributed by atoms with van der Waals surface area (Å²) in [5.74, 6) is -2.66. The number of rotatable bonds is 1. The van der Waals surface area contributed by atoms with Crippen LogP contribution in [0.15, 0.2) is 24.3 Å². The quantitative estimate of drug-likeness (QED) is 0.816. The Balaban J connectivity index is 0.00000128. The molecule has 0 amide bonds. The molecule has 2 rings (SSSR count). The Labute approximate surface area is 105 Å². The molecular formula is C11H13Cl2F2N. The van der Waals surface area contributed by atoms with Crippen molar-refractivity contribution in [3.05, 3.63) is 34.9 Å². The summed E-state index contributed by atoms with van der Waals surface area (Å²) in [5.41, 5.74) is 0.601. The van der Waals surface area contributed by atoms with Gasteiger partial charge in [-0.15, -0.1) is 12.4 Å². The fraction of sp³-hybridized carbons (Fsp3) is 0.455. The maximum atomic E-state index is 13.6. The van der Waals surface area contributed by atoms with Crippen LogP contribution in [0.1, 0.15) is 24.4 Å². The second-order valence-electron chi connectivity index (χ2n) is 3.80. The third kappa shape index (κ3) is 2.84. The third-order valence-electron chi connectivity index (χ3n) is 2.66. The van der Waals surface area contributed by atoms with Crippen molar-refractivity contribution in [3.63, 3.8) is 0 Å². The third-order valence-corrected chi connectivity index (χ3v) is 2.91. The maximum absolute atomic E-state index is 13.6. The highest BCUT2D eigenvalue weighted by atomic mass is 35.5. The second-order valence-corrected chi connectivity index (χ2v) is 4.24. The molecule has 1 aliphatic heterocycles. The number of benzene rings is 1. The molecule has 1 unspecified atom stereocenters. The topological polar surface area (TPSA) is 12.0 Å². The lowest BCUT2D eigenvalue weighted by Gasteiger charge is -2.32. The Hall–Kier alpha value is -0.380. The Morgan fingerprint density at radius 3 is 2.44 bits per heavy atom. The lowest BCUT2D eigenvalue weighted by Crippen LogP contribution is -2.42.